The summed E-state index contributed by atoms with van der Waals surface area (Å²) >= 11 is 1.23. The molecule has 2 heterocycles. The van der Waals surface area contributed by atoms with Gasteiger partial charge in [0.15, 0.2) is 5.82 Å². The Morgan fingerprint density at radius 3 is 2.42 bits per heavy atom. The fraction of sp³-hybridized carbons (Fsp3) is 0.250. The summed E-state index contributed by atoms with van der Waals surface area (Å²) in [5.74, 6) is 7.31. The zero-order chi connectivity index (χ0) is 23.6. The zero-order valence-electron chi connectivity index (χ0n) is 19.1. The summed E-state index contributed by atoms with van der Waals surface area (Å²) < 4.78 is 3.17. The Bertz CT molecular complexity index is 1250. The predicted octanol–water partition coefficient (Wildman–Crippen LogP) is 4.18. The van der Waals surface area contributed by atoms with E-state index < -0.39 is 0 Å². The summed E-state index contributed by atoms with van der Waals surface area (Å²) in [5.41, 5.74) is 3.63. The van der Waals surface area contributed by atoms with Gasteiger partial charge in [0.25, 0.3) is 0 Å². The number of aromatic nitrogens is 5. The molecule has 0 atom stereocenters. The van der Waals surface area contributed by atoms with Gasteiger partial charge in [-0.2, -0.15) is 5.10 Å². The number of hydrogen-bond acceptors (Lipinski definition) is 6. The highest BCUT2D eigenvalue weighted by molar-refractivity contribution is 7.99. The topological polar surface area (TPSA) is 104 Å². The van der Waals surface area contributed by atoms with Gasteiger partial charge in [-0.3, -0.25) is 4.79 Å². The van der Waals surface area contributed by atoms with Crippen molar-refractivity contribution in [3.63, 3.8) is 0 Å². The molecule has 170 valence electrons. The van der Waals surface area contributed by atoms with E-state index in [2.05, 4.69) is 36.3 Å². The third-order valence-corrected chi connectivity index (χ3v) is 6.00. The fourth-order valence-corrected chi connectivity index (χ4v) is 3.84. The molecular formula is C24H27N7OS. The van der Waals surface area contributed by atoms with Crippen molar-refractivity contribution in [2.75, 3.05) is 16.9 Å². The van der Waals surface area contributed by atoms with E-state index in [1.165, 1.54) is 16.4 Å². The minimum Gasteiger partial charge on any atom is -0.335 e. The number of carbonyl (C=O) groups is 1. The number of carbonyl (C=O) groups excluding carboxylic acids is 1. The molecule has 0 fully saturated rings. The summed E-state index contributed by atoms with van der Waals surface area (Å²) in [4.78, 5) is 12.8. The number of amides is 1. The average Bonchev–Trinajstić information content (AvgIpc) is 3.37. The van der Waals surface area contributed by atoms with Crippen molar-refractivity contribution in [2.45, 2.75) is 38.3 Å². The summed E-state index contributed by atoms with van der Waals surface area (Å²) in [6.07, 6.45) is 0. The Hall–Kier alpha value is -3.59. The van der Waals surface area contributed by atoms with Crippen LogP contribution in [0.2, 0.25) is 0 Å². The second kappa shape index (κ2) is 9.11. The van der Waals surface area contributed by atoms with Gasteiger partial charge in [-0.25, -0.2) is 9.36 Å². The van der Waals surface area contributed by atoms with Crippen LogP contribution in [-0.2, 0) is 10.2 Å². The number of nitrogens with two attached hydrogens (primary N) is 1. The molecule has 0 bridgehead atoms. The molecule has 0 spiro atoms. The van der Waals surface area contributed by atoms with E-state index in [4.69, 9.17) is 10.9 Å². The van der Waals surface area contributed by atoms with Gasteiger partial charge in [0.05, 0.1) is 17.1 Å². The maximum absolute atomic E-state index is 12.8. The predicted molar refractivity (Wildman–Crippen MR) is 132 cm³/mol. The molecule has 0 unspecified atom stereocenters. The molecule has 4 aromatic rings. The van der Waals surface area contributed by atoms with Crippen LogP contribution in [-0.4, -0.2) is 36.3 Å². The van der Waals surface area contributed by atoms with Crippen LogP contribution in [0.25, 0.3) is 17.1 Å². The third-order valence-electron chi connectivity index (χ3n) is 5.05. The minimum atomic E-state index is -0.183. The largest absolute Gasteiger partial charge is 0.335 e. The Morgan fingerprint density at radius 1 is 1.06 bits per heavy atom. The third kappa shape index (κ3) is 5.09. The van der Waals surface area contributed by atoms with E-state index >= 15 is 0 Å². The first-order chi connectivity index (χ1) is 15.7. The number of para-hydroxylation sites is 1. The van der Waals surface area contributed by atoms with Gasteiger partial charge < -0.3 is 11.2 Å². The monoisotopic (exact) mass is 461 g/mol. The van der Waals surface area contributed by atoms with E-state index in [-0.39, 0.29) is 17.1 Å². The molecule has 4 rings (SSSR count). The second-order valence-corrected chi connectivity index (χ2v) is 9.73. The summed E-state index contributed by atoms with van der Waals surface area (Å²) in [6.45, 7) is 8.29. The first-order valence-electron chi connectivity index (χ1n) is 10.6. The Labute approximate surface area is 197 Å². The Kier molecular flexibility index (Phi) is 6.24. The van der Waals surface area contributed by atoms with Gasteiger partial charge in [0.2, 0.25) is 11.1 Å². The number of hydrogen-bond donors (Lipinski definition) is 2. The first-order valence-corrected chi connectivity index (χ1v) is 11.6. The highest BCUT2D eigenvalue weighted by atomic mass is 32.2. The van der Waals surface area contributed by atoms with Crippen molar-refractivity contribution in [3.05, 3.63) is 71.9 Å². The molecule has 0 radical (unpaired) electrons. The fourth-order valence-electron chi connectivity index (χ4n) is 3.19. The van der Waals surface area contributed by atoms with Crippen molar-refractivity contribution in [3.8, 4) is 17.1 Å². The van der Waals surface area contributed by atoms with Crippen LogP contribution in [0.5, 0.6) is 0 Å². The number of anilines is 1. The van der Waals surface area contributed by atoms with Gasteiger partial charge in [-0.1, -0.05) is 80.6 Å². The van der Waals surface area contributed by atoms with Crippen LogP contribution in [0.4, 0.5) is 5.82 Å². The van der Waals surface area contributed by atoms with Crippen molar-refractivity contribution in [2.24, 2.45) is 0 Å². The number of benzene rings is 2. The Morgan fingerprint density at radius 2 is 1.76 bits per heavy atom. The van der Waals surface area contributed by atoms with Crippen LogP contribution in [0.3, 0.4) is 0 Å². The molecule has 0 aliphatic carbocycles. The van der Waals surface area contributed by atoms with E-state index in [1.807, 2.05) is 67.6 Å². The van der Waals surface area contributed by atoms with E-state index in [1.54, 1.807) is 4.68 Å². The van der Waals surface area contributed by atoms with Crippen LogP contribution >= 0.6 is 11.8 Å². The maximum atomic E-state index is 12.8. The molecule has 3 N–H and O–H groups in total. The lowest BCUT2D eigenvalue weighted by Gasteiger charge is -2.14. The molecule has 1 amide bonds. The molecule has 33 heavy (non-hydrogen) atoms. The SMILES string of the molecule is Cc1ccc(-c2nnc(SCC(=O)Nc3cc(C(C)(C)C)nn3-c3ccccc3)n2N)cc1. The minimum absolute atomic E-state index is 0.133. The highest BCUT2D eigenvalue weighted by Gasteiger charge is 2.22. The number of aryl methyl sites for hydroxylation is 1. The molecule has 2 aromatic heterocycles. The van der Waals surface area contributed by atoms with Crippen LogP contribution in [0.1, 0.15) is 32.0 Å². The van der Waals surface area contributed by atoms with Crippen molar-refractivity contribution in [1.29, 1.82) is 0 Å². The van der Waals surface area contributed by atoms with Crippen LogP contribution in [0, 0.1) is 6.92 Å². The number of thioether (sulfide) groups is 1. The second-order valence-electron chi connectivity index (χ2n) is 8.79. The maximum Gasteiger partial charge on any atom is 0.236 e. The van der Waals surface area contributed by atoms with Gasteiger partial charge in [-0.15, -0.1) is 10.2 Å². The van der Waals surface area contributed by atoms with Crippen molar-refractivity contribution < 1.29 is 4.79 Å². The number of rotatable bonds is 6. The lowest BCUT2D eigenvalue weighted by Crippen LogP contribution is -2.18. The molecule has 2 aromatic carbocycles. The molecule has 8 nitrogen and oxygen atoms in total. The molecule has 0 aliphatic rings. The Balaban J connectivity index is 1.49. The first kappa shape index (κ1) is 22.6. The average molecular weight is 462 g/mol. The quantitative estimate of drug-likeness (QED) is 0.330. The lowest BCUT2D eigenvalue weighted by molar-refractivity contribution is -0.113. The van der Waals surface area contributed by atoms with Crippen LogP contribution in [0.15, 0.2) is 65.8 Å². The standard InChI is InChI=1S/C24H27N7OS/c1-16-10-12-17(13-11-16)22-27-28-23(30(22)25)33-15-21(32)26-20-14-19(24(2,3)4)29-31(20)18-8-6-5-7-9-18/h5-14H,15,25H2,1-4H3,(H,26,32). The highest BCUT2D eigenvalue weighted by Crippen LogP contribution is 2.27. The van der Waals surface area contributed by atoms with Crippen LogP contribution < -0.4 is 11.2 Å². The lowest BCUT2D eigenvalue weighted by atomic mass is 9.92. The summed E-state index contributed by atoms with van der Waals surface area (Å²) in [5, 5.41) is 16.5. The summed E-state index contributed by atoms with van der Waals surface area (Å²) in [6, 6.07) is 19.5. The normalized spacial score (nSPS) is 11.5. The molecule has 0 saturated heterocycles. The summed E-state index contributed by atoms with van der Waals surface area (Å²) in [7, 11) is 0. The van der Waals surface area contributed by atoms with Crippen molar-refractivity contribution >= 4 is 23.5 Å². The smallest absolute Gasteiger partial charge is 0.236 e. The van der Waals surface area contributed by atoms with Gasteiger partial charge >= 0.3 is 0 Å². The molecular weight excluding hydrogens is 434 g/mol. The van der Waals surface area contributed by atoms with E-state index in [0.717, 1.165) is 22.5 Å². The van der Waals surface area contributed by atoms with Gasteiger partial charge in [-0.05, 0) is 19.1 Å². The number of nitrogen functional groups attached to an aromatic ring is 1. The van der Waals surface area contributed by atoms with Gasteiger partial charge in [0.1, 0.15) is 5.82 Å². The molecule has 9 heteroatoms. The zero-order valence-corrected chi connectivity index (χ0v) is 19.9. The number of nitrogens with zero attached hydrogens (tertiary/aromatic N) is 5. The van der Waals surface area contributed by atoms with E-state index in [0.29, 0.717) is 16.8 Å². The molecule has 0 saturated carbocycles. The number of nitrogens with one attached hydrogen (secondary N) is 1. The molecule has 0 aliphatic heterocycles. The van der Waals surface area contributed by atoms with E-state index in [9.17, 15) is 4.79 Å². The van der Waals surface area contributed by atoms with Gasteiger partial charge in [0, 0.05) is 17.0 Å². The van der Waals surface area contributed by atoms with Crippen molar-refractivity contribution in [1.82, 2.24) is 24.7 Å².